The van der Waals surface area contributed by atoms with Crippen molar-refractivity contribution in [1.29, 1.82) is 0 Å². The highest BCUT2D eigenvalue weighted by Gasteiger charge is 1.90. The number of aromatic amines is 1. The van der Waals surface area contributed by atoms with Gasteiger partial charge < -0.3 is 10.1 Å². The molecule has 0 atom stereocenters. The van der Waals surface area contributed by atoms with Crippen LogP contribution >= 0.6 is 12.2 Å². The number of rotatable bonds is 3. The Morgan fingerprint density at radius 2 is 2.45 bits per heavy atom. The lowest BCUT2D eigenvalue weighted by Gasteiger charge is -1.96. The molecule has 2 N–H and O–H groups in total. The summed E-state index contributed by atoms with van der Waals surface area (Å²) < 4.78 is 0.498. The maximum atomic E-state index is 8.53. The zero-order chi connectivity index (χ0) is 8.10. The first-order valence-electron chi connectivity index (χ1n) is 3.47. The Morgan fingerprint density at radius 3 is 3.00 bits per heavy atom. The van der Waals surface area contributed by atoms with E-state index in [1.165, 1.54) is 0 Å². The molecule has 0 bridgehead atoms. The molecule has 0 aliphatic rings. The zero-order valence-electron chi connectivity index (χ0n) is 6.08. The highest BCUT2D eigenvalue weighted by molar-refractivity contribution is 7.71. The van der Waals surface area contributed by atoms with Crippen molar-refractivity contribution in [2.24, 2.45) is 0 Å². The maximum Gasteiger partial charge on any atom is 0.196 e. The SMILES string of the molecule is OCCCc1cnc(=S)[nH]c1. The minimum Gasteiger partial charge on any atom is -0.396 e. The number of aryl methyl sites for hydroxylation is 1. The van der Waals surface area contributed by atoms with Crippen LogP contribution in [0.2, 0.25) is 0 Å². The molecule has 0 aliphatic heterocycles. The summed E-state index contributed by atoms with van der Waals surface area (Å²) in [6.07, 6.45) is 5.17. The van der Waals surface area contributed by atoms with Crippen LogP contribution < -0.4 is 0 Å². The van der Waals surface area contributed by atoms with Gasteiger partial charge >= 0.3 is 0 Å². The summed E-state index contributed by atoms with van der Waals surface area (Å²) in [5, 5.41) is 8.53. The third kappa shape index (κ3) is 2.78. The Morgan fingerprint density at radius 1 is 1.64 bits per heavy atom. The van der Waals surface area contributed by atoms with Crippen molar-refractivity contribution < 1.29 is 5.11 Å². The summed E-state index contributed by atoms with van der Waals surface area (Å²) in [6, 6.07) is 0. The van der Waals surface area contributed by atoms with Gasteiger partial charge in [-0.1, -0.05) is 0 Å². The van der Waals surface area contributed by atoms with Gasteiger partial charge in [-0.2, -0.15) is 0 Å². The Bertz CT molecular complexity index is 251. The normalized spacial score (nSPS) is 9.91. The topological polar surface area (TPSA) is 48.9 Å². The number of nitrogens with one attached hydrogen (secondary N) is 1. The first-order valence-corrected chi connectivity index (χ1v) is 3.88. The predicted molar refractivity (Wildman–Crippen MR) is 44.8 cm³/mol. The number of aliphatic hydroxyl groups excluding tert-OH is 1. The van der Waals surface area contributed by atoms with E-state index in [1.54, 1.807) is 6.20 Å². The molecule has 0 aromatic carbocycles. The molecule has 60 valence electrons. The van der Waals surface area contributed by atoms with Gasteiger partial charge in [-0.15, -0.1) is 0 Å². The largest absolute Gasteiger partial charge is 0.396 e. The number of H-pyrrole nitrogens is 1. The van der Waals surface area contributed by atoms with Crippen LogP contribution in [0.1, 0.15) is 12.0 Å². The van der Waals surface area contributed by atoms with Gasteiger partial charge in [0.2, 0.25) is 0 Å². The average Bonchev–Trinajstić information content (AvgIpc) is 2.04. The van der Waals surface area contributed by atoms with Gasteiger partial charge in [0.1, 0.15) is 0 Å². The van der Waals surface area contributed by atoms with Crippen LogP contribution in [0.15, 0.2) is 12.4 Å². The molecule has 0 saturated heterocycles. The number of hydrogen-bond donors (Lipinski definition) is 2. The van der Waals surface area contributed by atoms with Crippen LogP contribution in [-0.2, 0) is 6.42 Å². The van der Waals surface area contributed by atoms with E-state index in [0.29, 0.717) is 4.77 Å². The second-order valence-corrected chi connectivity index (χ2v) is 2.64. The molecule has 11 heavy (non-hydrogen) atoms. The molecule has 0 unspecified atom stereocenters. The molecule has 0 spiro atoms. The molecule has 4 heteroatoms. The molecule has 0 saturated carbocycles. The van der Waals surface area contributed by atoms with Crippen molar-refractivity contribution in [1.82, 2.24) is 9.97 Å². The number of nitrogens with zero attached hydrogens (tertiary/aromatic N) is 1. The predicted octanol–water partition coefficient (Wildman–Crippen LogP) is 1.06. The Balaban J connectivity index is 2.59. The average molecular weight is 170 g/mol. The first kappa shape index (κ1) is 8.36. The molecule has 1 aromatic rings. The van der Waals surface area contributed by atoms with Crippen LogP contribution in [0.4, 0.5) is 0 Å². The summed E-state index contributed by atoms with van der Waals surface area (Å²) in [5.41, 5.74) is 1.08. The van der Waals surface area contributed by atoms with Crippen molar-refractivity contribution in [2.75, 3.05) is 6.61 Å². The molecule has 0 aliphatic carbocycles. The monoisotopic (exact) mass is 170 g/mol. The van der Waals surface area contributed by atoms with Gasteiger partial charge in [0, 0.05) is 19.0 Å². The van der Waals surface area contributed by atoms with E-state index in [-0.39, 0.29) is 6.61 Å². The van der Waals surface area contributed by atoms with Gasteiger partial charge in [0.05, 0.1) is 0 Å². The summed E-state index contributed by atoms with van der Waals surface area (Å²) in [7, 11) is 0. The van der Waals surface area contributed by atoms with Gasteiger partial charge in [0.25, 0.3) is 0 Å². The van der Waals surface area contributed by atoms with E-state index >= 15 is 0 Å². The van der Waals surface area contributed by atoms with E-state index < -0.39 is 0 Å². The summed E-state index contributed by atoms with van der Waals surface area (Å²) >= 11 is 4.77. The Labute approximate surface area is 70.1 Å². The van der Waals surface area contributed by atoms with Crippen LogP contribution in [0.25, 0.3) is 0 Å². The highest BCUT2D eigenvalue weighted by Crippen LogP contribution is 1.97. The number of aromatic nitrogens is 2. The van der Waals surface area contributed by atoms with Crippen LogP contribution in [0.3, 0.4) is 0 Å². The van der Waals surface area contributed by atoms with Crippen molar-refractivity contribution in [3.63, 3.8) is 0 Å². The standard InChI is InChI=1S/C7H10N2OS/c10-3-1-2-6-4-8-7(11)9-5-6/h4-5,10H,1-3H2,(H,8,9,11). The molecule has 0 fully saturated rings. The minimum absolute atomic E-state index is 0.218. The molecule has 1 aromatic heterocycles. The van der Waals surface area contributed by atoms with Crippen molar-refractivity contribution in [2.45, 2.75) is 12.8 Å². The minimum atomic E-state index is 0.218. The molecule has 1 heterocycles. The van der Waals surface area contributed by atoms with Gasteiger partial charge in [-0.05, 0) is 30.6 Å². The maximum absolute atomic E-state index is 8.53. The van der Waals surface area contributed by atoms with Gasteiger partial charge in [-0.25, -0.2) is 4.98 Å². The van der Waals surface area contributed by atoms with E-state index in [2.05, 4.69) is 9.97 Å². The third-order valence-corrected chi connectivity index (χ3v) is 1.58. The van der Waals surface area contributed by atoms with Crippen LogP contribution in [0.5, 0.6) is 0 Å². The van der Waals surface area contributed by atoms with E-state index in [4.69, 9.17) is 17.3 Å². The lowest BCUT2D eigenvalue weighted by Crippen LogP contribution is -1.91. The fourth-order valence-corrected chi connectivity index (χ4v) is 0.902. The van der Waals surface area contributed by atoms with E-state index in [9.17, 15) is 0 Å². The van der Waals surface area contributed by atoms with Crippen molar-refractivity contribution in [3.05, 3.63) is 22.7 Å². The summed E-state index contributed by atoms with van der Waals surface area (Å²) in [6.45, 7) is 0.218. The first-order chi connectivity index (χ1) is 5.33. The second-order valence-electron chi connectivity index (χ2n) is 2.25. The number of aliphatic hydroxyl groups is 1. The molecule has 0 radical (unpaired) electrons. The third-order valence-electron chi connectivity index (χ3n) is 1.35. The zero-order valence-corrected chi connectivity index (χ0v) is 6.90. The Hall–Kier alpha value is -0.740. The summed E-state index contributed by atoms with van der Waals surface area (Å²) in [4.78, 5) is 6.74. The van der Waals surface area contributed by atoms with Gasteiger partial charge in [0.15, 0.2) is 4.77 Å². The second kappa shape index (κ2) is 4.20. The molecule has 3 nitrogen and oxygen atoms in total. The number of hydrogen-bond acceptors (Lipinski definition) is 3. The lowest BCUT2D eigenvalue weighted by molar-refractivity contribution is 0.288. The summed E-state index contributed by atoms with van der Waals surface area (Å²) in [5.74, 6) is 0. The lowest BCUT2D eigenvalue weighted by atomic mass is 10.2. The van der Waals surface area contributed by atoms with Crippen molar-refractivity contribution in [3.8, 4) is 0 Å². The van der Waals surface area contributed by atoms with Crippen molar-refractivity contribution >= 4 is 12.2 Å². The van der Waals surface area contributed by atoms with Gasteiger partial charge in [-0.3, -0.25) is 0 Å². The fraction of sp³-hybridized carbons (Fsp3) is 0.429. The molecule has 1 rings (SSSR count). The highest BCUT2D eigenvalue weighted by atomic mass is 32.1. The Kier molecular flexibility index (Phi) is 3.19. The van der Waals surface area contributed by atoms with Crippen LogP contribution in [0, 0.1) is 4.77 Å². The smallest absolute Gasteiger partial charge is 0.196 e. The fourth-order valence-electron chi connectivity index (χ4n) is 0.790. The molecular formula is C7H10N2OS. The quantitative estimate of drug-likeness (QED) is 0.667. The van der Waals surface area contributed by atoms with E-state index in [0.717, 1.165) is 18.4 Å². The molecule has 0 amide bonds. The molecular weight excluding hydrogens is 160 g/mol. The van der Waals surface area contributed by atoms with E-state index in [1.807, 2.05) is 6.20 Å². The van der Waals surface area contributed by atoms with Crippen LogP contribution in [-0.4, -0.2) is 21.7 Å².